The third-order valence-electron chi connectivity index (χ3n) is 4.83. The molecule has 0 saturated carbocycles. The monoisotopic (exact) mass is 336 g/mol. The fraction of sp³-hybridized carbons (Fsp3) is 0.0435. The molecular weight excluding hydrogens is 319 g/mol. The molecule has 1 heterocycles. The number of hydrogen-bond acceptors (Lipinski definition) is 2. The first-order valence-corrected chi connectivity index (χ1v) is 8.83. The van der Waals surface area contributed by atoms with Gasteiger partial charge in [-0.25, -0.2) is 0 Å². The molecule has 4 aromatic rings. The fourth-order valence-corrected chi connectivity index (χ4v) is 3.53. The van der Waals surface area contributed by atoms with E-state index in [1.54, 1.807) is 0 Å². The van der Waals surface area contributed by atoms with Crippen LogP contribution in [0.2, 0.25) is 0 Å². The minimum Gasteiger partial charge on any atom is -0.532 e. The Hall–Kier alpha value is -3.04. The Bertz CT molecular complexity index is 1050. The molecule has 0 bridgehead atoms. The van der Waals surface area contributed by atoms with Gasteiger partial charge in [0, 0.05) is 5.56 Å². The van der Waals surface area contributed by atoms with Crippen LogP contribution in [0.15, 0.2) is 97.1 Å². The molecular formula is C23H17BO2. The molecule has 0 aliphatic carbocycles. The van der Waals surface area contributed by atoms with Crippen LogP contribution in [-0.2, 0) is 4.65 Å². The molecule has 0 N–H and O–H groups in total. The first-order valence-electron chi connectivity index (χ1n) is 8.83. The maximum absolute atomic E-state index is 6.41. The van der Waals surface area contributed by atoms with Gasteiger partial charge in [-0.05, 0) is 33.9 Å². The molecule has 0 amide bonds. The molecule has 1 aliphatic rings. The van der Waals surface area contributed by atoms with Gasteiger partial charge in [-0.2, -0.15) is 0 Å². The quantitative estimate of drug-likeness (QED) is 0.493. The average molecular weight is 336 g/mol. The van der Waals surface area contributed by atoms with Crippen molar-refractivity contribution in [3.63, 3.8) is 0 Å². The zero-order valence-electron chi connectivity index (χ0n) is 14.2. The van der Waals surface area contributed by atoms with Gasteiger partial charge in [0.2, 0.25) is 0 Å². The molecule has 0 spiro atoms. The minimum atomic E-state index is -0.421. The summed E-state index contributed by atoms with van der Waals surface area (Å²) in [6, 6.07) is 33.1. The van der Waals surface area contributed by atoms with E-state index in [1.165, 1.54) is 10.8 Å². The summed E-state index contributed by atoms with van der Waals surface area (Å²) < 4.78 is 12.7. The van der Waals surface area contributed by atoms with E-state index in [4.69, 9.17) is 9.31 Å². The van der Waals surface area contributed by atoms with Gasteiger partial charge in [-0.15, -0.1) is 0 Å². The largest absolute Gasteiger partial charge is 0.563 e. The van der Waals surface area contributed by atoms with Crippen molar-refractivity contribution in [3.8, 4) is 5.75 Å². The van der Waals surface area contributed by atoms with Gasteiger partial charge in [-0.1, -0.05) is 84.9 Å². The molecule has 0 radical (unpaired) electrons. The van der Waals surface area contributed by atoms with E-state index in [-0.39, 0.29) is 6.10 Å². The number of rotatable bonds is 2. The first kappa shape index (κ1) is 15.2. The lowest BCUT2D eigenvalue weighted by atomic mass is 9.76. The SMILES string of the molecule is c1ccc(B2Oc3cc4ccccc4cc3C(c3ccccc3)O2)cc1. The molecule has 4 aromatic carbocycles. The van der Waals surface area contributed by atoms with Crippen molar-refractivity contribution in [2.24, 2.45) is 0 Å². The molecule has 1 unspecified atom stereocenters. The lowest BCUT2D eigenvalue weighted by Crippen LogP contribution is -2.43. The van der Waals surface area contributed by atoms with E-state index in [0.29, 0.717) is 0 Å². The average Bonchev–Trinajstić information content (AvgIpc) is 2.73. The van der Waals surface area contributed by atoms with Gasteiger partial charge < -0.3 is 9.31 Å². The van der Waals surface area contributed by atoms with Crippen LogP contribution in [0.1, 0.15) is 17.2 Å². The zero-order chi connectivity index (χ0) is 17.3. The molecule has 1 atom stereocenters. The van der Waals surface area contributed by atoms with E-state index in [1.807, 2.05) is 48.5 Å². The summed E-state index contributed by atoms with van der Waals surface area (Å²) in [5.74, 6) is 0.887. The van der Waals surface area contributed by atoms with Crippen molar-refractivity contribution in [2.75, 3.05) is 0 Å². The minimum absolute atomic E-state index is 0.158. The molecule has 2 nitrogen and oxygen atoms in total. The van der Waals surface area contributed by atoms with E-state index < -0.39 is 7.12 Å². The van der Waals surface area contributed by atoms with Crippen LogP contribution in [0.3, 0.4) is 0 Å². The van der Waals surface area contributed by atoms with Crippen LogP contribution in [0.5, 0.6) is 5.75 Å². The first-order chi connectivity index (χ1) is 12.9. The molecule has 0 saturated heterocycles. The molecule has 5 rings (SSSR count). The normalized spacial score (nSPS) is 16.2. The van der Waals surface area contributed by atoms with E-state index >= 15 is 0 Å². The van der Waals surface area contributed by atoms with Gasteiger partial charge in [0.25, 0.3) is 0 Å². The fourth-order valence-electron chi connectivity index (χ4n) is 3.53. The molecule has 3 heteroatoms. The van der Waals surface area contributed by atoms with Crippen molar-refractivity contribution in [1.29, 1.82) is 0 Å². The lowest BCUT2D eigenvalue weighted by Gasteiger charge is -2.31. The summed E-state index contributed by atoms with van der Waals surface area (Å²) in [5.41, 5.74) is 3.22. The summed E-state index contributed by atoms with van der Waals surface area (Å²) in [6.07, 6.45) is -0.158. The van der Waals surface area contributed by atoms with Crippen molar-refractivity contribution in [2.45, 2.75) is 6.10 Å². The third-order valence-corrected chi connectivity index (χ3v) is 4.83. The molecule has 0 aromatic heterocycles. The van der Waals surface area contributed by atoms with Gasteiger partial charge in [-0.3, -0.25) is 0 Å². The Labute approximate surface area is 153 Å². The smallest absolute Gasteiger partial charge is 0.532 e. The van der Waals surface area contributed by atoms with E-state index in [9.17, 15) is 0 Å². The van der Waals surface area contributed by atoms with Crippen molar-refractivity contribution < 1.29 is 9.31 Å². The second kappa shape index (κ2) is 6.36. The Kier molecular flexibility index (Phi) is 3.73. The predicted molar refractivity (Wildman–Crippen MR) is 106 cm³/mol. The van der Waals surface area contributed by atoms with Crippen LogP contribution < -0.4 is 10.1 Å². The highest BCUT2D eigenvalue weighted by molar-refractivity contribution is 6.62. The standard InChI is InChI=1S/C23H17BO2/c1-3-9-17(10-4-1)23-21-15-18-11-7-8-12-19(18)16-22(21)25-24(26-23)20-13-5-2-6-14-20/h1-16,23H. The van der Waals surface area contributed by atoms with Crippen LogP contribution in [-0.4, -0.2) is 7.12 Å². The van der Waals surface area contributed by atoms with Crippen LogP contribution in [0.25, 0.3) is 10.8 Å². The van der Waals surface area contributed by atoms with Gasteiger partial charge in [0.05, 0.1) is 6.10 Å². The topological polar surface area (TPSA) is 18.5 Å². The number of benzene rings is 4. The number of hydrogen-bond donors (Lipinski definition) is 0. The zero-order valence-corrected chi connectivity index (χ0v) is 14.2. The Balaban J connectivity index is 1.67. The van der Waals surface area contributed by atoms with Gasteiger partial charge in [0.15, 0.2) is 0 Å². The van der Waals surface area contributed by atoms with Gasteiger partial charge in [0.1, 0.15) is 5.75 Å². The second-order valence-electron chi connectivity index (χ2n) is 6.52. The van der Waals surface area contributed by atoms with Crippen molar-refractivity contribution in [1.82, 2.24) is 0 Å². The highest BCUT2D eigenvalue weighted by Gasteiger charge is 2.36. The maximum atomic E-state index is 6.41. The van der Waals surface area contributed by atoms with Gasteiger partial charge >= 0.3 is 7.12 Å². The summed E-state index contributed by atoms with van der Waals surface area (Å²) in [6.45, 7) is 0. The lowest BCUT2D eigenvalue weighted by molar-refractivity contribution is 0.191. The van der Waals surface area contributed by atoms with Crippen LogP contribution in [0, 0.1) is 0 Å². The summed E-state index contributed by atoms with van der Waals surface area (Å²) >= 11 is 0. The Morgan fingerprint density at radius 2 is 1.27 bits per heavy atom. The highest BCUT2D eigenvalue weighted by Crippen LogP contribution is 2.39. The van der Waals surface area contributed by atoms with Crippen LogP contribution >= 0.6 is 0 Å². The maximum Gasteiger partial charge on any atom is 0.563 e. The van der Waals surface area contributed by atoms with Crippen LogP contribution in [0.4, 0.5) is 0 Å². The Morgan fingerprint density at radius 1 is 0.654 bits per heavy atom. The predicted octanol–water partition coefficient (Wildman–Crippen LogP) is 4.73. The van der Waals surface area contributed by atoms with Crippen molar-refractivity contribution in [3.05, 3.63) is 108 Å². The van der Waals surface area contributed by atoms with Crippen molar-refractivity contribution >= 4 is 23.4 Å². The summed E-state index contributed by atoms with van der Waals surface area (Å²) in [5, 5.41) is 2.37. The van der Waals surface area contributed by atoms with E-state index in [0.717, 1.165) is 22.3 Å². The number of fused-ring (bicyclic) bond motifs is 2. The molecule has 124 valence electrons. The molecule has 0 fully saturated rings. The molecule has 26 heavy (non-hydrogen) atoms. The summed E-state index contributed by atoms with van der Waals surface area (Å²) in [7, 11) is -0.421. The Morgan fingerprint density at radius 3 is 2.00 bits per heavy atom. The second-order valence-corrected chi connectivity index (χ2v) is 6.52. The highest BCUT2D eigenvalue weighted by atomic mass is 16.6. The molecule has 1 aliphatic heterocycles. The third kappa shape index (κ3) is 2.67. The van der Waals surface area contributed by atoms with E-state index in [2.05, 4.69) is 48.5 Å². The summed E-state index contributed by atoms with van der Waals surface area (Å²) in [4.78, 5) is 0.